The maximum atomic E-state index is 10.6. The van der Waals surface area contributed by atoms with Crippen molar-refractivity contribution in [2.24, 2.45) is 5.92 Å². The number of carboxylic acid groups (broad SMARTS) is 1. The topological polar surface area (TPSA) is 44.9 Å². The van der Waals surface area contributed by atoms with E-state index in [0.29, 0.717) is 18.8 Å². The van der Waals surface area contributed by atoms with E-state index < -0.39 is 5.97 Å². The van der Waals surface area contributed by atoms with E-state index in [2.05, 4.69) is 9.74 Å². The highest BCUT2D eigenvalue weighted by Crippen LogP contribution is 2.20. The lowest BCUT2D eigenvalue weighted by molar-refractivity contribution is -0.147. The Kier molecular flexibility index (Phi) is 2.88. The third-order valence-corrected chi connectivity index (χ3v) is 2.78. The number of carboxylic acids is 1. The van der Waals surface area contributed by atoms with Gasteiger partial charge in [0.1, 0.15) is 0 Å². The standard InChI is InChI=1S/C12H12N2O2/c1-13-11-4-2-9(3-5-11)6-14-7-10(8-14)12(15)16/h2-5,10H,6-8H2,(H,15,16). The summed E-state index contributed by atoms with van der Waals surface area (Å²) in [6.45, 7) is 8.84. The summed E-state index contributed by atoms with van der Waals surface area (Å²) in [7, 11) is 0. The number of hydrogen-bond donors (Lipinski definition) is 1. The molecule has 0 aliphatic carbocycles. The number of carbonyl (C=O) groups is 1. The predicted octanol–water partition coefficient (Wildman–Crippen LogP) is 1.75. The molecule has 0 saturated carbocycles. The van der Waals surface area contributed by atoms with Crippen LogP contribution in [0.3, 0.4) is 0 Å². The second-order valence-electron chi connectivity index (χ2n) is 4.01. The van der Waals surface area contributed by atoms with E-state index in [1.54, 1.807) is 12.1 Å². The van der Waals surface area contributed by atoms with Crippen molar-refractivity contribution in [3.05, 3.63) is 41.2 Å². The van der Waals surface area contributed by atoms with Crippen LogP contribution in [0.5, 0.6) is 0 Å². The third kappa shape index (κ3) is 2.20. The fourth-order valence-corrected chi connectivity index (χ4v) is 1.79. The molecule has 4 heteroatoms. The van der Waals surface area contributed by atoms with Crippen molar-refractivity contribution >= 4 is 11.7 Å². The lowest BCUT2D eigenvalue weighted by Gasteiger charge is -2.36. The first-order valence-corrected chi connectivity index (χ1v) is 5.10. The molecule has 0 atom stereocenters. The number of aliphatic carboxylic acids is 1. The molecular formula is C12H12N2O2. The zero-order chi connectivity index (χ0) is 11.5. The molecule has 0 unspecified atom stereocenters. The quantitative estimate of drug-likeness (QED) is 0.783. The van der Waals surface area contributed by atoms with Gasteiger partial charge in [0.2, 0.25) is 0 Å². The highest BCUT2D eigenvalue weighted by Gasteiger charge is 2.31. The predicted molar refractivity (Wildman–Crippen MR) is 59.1 cm³/mol. The molecular weight excluding hydrogens is 204 g/mol. The lowest BCUT2D eigenvalue weighted by Crippen LogP contribution is -2.49. The minimum atomic E-state index is -0.709. The SMILES string of the molecule is [C-]#[N+]c1ccc(CN2CC(C(=O)O)C2)cc1. The molecule has 0 radical (unpaired) electrons. The van der Waals surface area contributed by atoms with Gasteiger partial charge in [-0.2, -0.15) is 0 Å². The van der Waals surface area contributed by atoms with Crippen LogP contribution in [0.4, 0.5) is 5.69 Å². The Labute approximate surface area is 93.9 Å². The van der Waals surface area contributed by atoms with Crippen LogP contribution < -0.4 is 0 Å². The molecule has 4 nitrogen and oxygen atoms in total. The van der Waals surface area contributed by atoms with Crippen LogP contribution in [-0.4, -0.2) is 29.1 Å². The van der Waals surface area contributed by atoms with Gasteiger partial charge in [-0.25, -0.2) is 4.85 Å². The molecule has 0 amide bonds. The van der Waals surface area contributed by atoms with Crippen LogP contribution in [0.15, 0.2) is 24.3 Å². The lowest BCUT2D eigenvalue weighted by atomic mass is 9.99. The Morgan fingerprint density at radius 2 is 2.06 bits per heavy atom. The Balaban J connectivity index is 1.87. The summed E-state index contributed by atoms with van der Waals surface area (Å²) < 4.78 is 0. The van der Waals surface area contributed by atoms with Crippen molar-refractivity contribution in [3.63, 3.8) is 0 Å². The molecule has 0 aromatic heterocycles. The van der Waals surface area contributed by atoms with E-state index in [1.807, 2.05) is 12.1 Å². The number of hydrogen-bond acceptors (Lipinski definition) is 2. The van der Waals surface area contributed by atoms with Gasteiger partial charge in [0.05, 0.1) is 12.5 Å². The van der Waals surface area contributed by atoms with E-state index in [4.69, 9.17) is 11.7 Å². The van der Waals surface area contributed by atoms with Crippen molar-refractivity contribution < 1.29 is 9.90 Å². The van der Waals surface area contributed by atoms with E-state index in [1.165, 1.54) is 0 Å². The van der Waals surface area contributed by atoms with Crippen LogP contribution in [-0.2, 0) is 11.3 Å². The van der Waals surface area contributed by atoms with Crippen molar-refractivity contribution in [2.75, 3.05) is 13.1 Å². The first-order chi connectivity index (χ1) is 7.69. The van der Waals surface area contributed by atoms with Crippen molar-refractivity contribution in [1.29, 1.82) is 0 Å². The normalized spacial score (nSPS) is 16.4. The smallest absolute Gasteiger partial charge is 0.309 e. The molecule has 0 bridgehead atoms. The number of benzene rings is 1. The van der Waals surface area contributed by atoms with Crippen molar-refractivity contribution in [1.82, 2.24) is 4.90 Å². The van der Waals surface area contributed by atoms with E-state index in [-0.39, 0.29) is 5.92 Å². The van der Waals surface area contributed by atoms with Crippen LogP contribution in [0, 0.1) is 12.5 Å². The number of rotatable bonds is 3. The first kappa shape index (κ1) is 10.7. The van der Waals surface area contributed by atoms with Gasteiger partial charge in [-0.05, 0) is 5.56 Å². The first-order valence-electron chi connectivity index (χ1n) is 5.10. The summed E-state index contributed by atoms with van der Waals surface area (Å²) in [5, 5.41) is 8.73. The molecule has 1 aromatic rings. The summed E-state index contributed by atoms with van der Waals surface area (Å²) in [6, 6.07) is 7.41. The van der Waals surface area contributed by atoms with Crippen LogP contribution >= 0.6 is 0 Å². The van der Waals surface area contributed by atoms with Gasteiger partial charge < -0.3 is 5.11 Å². The second kappa shape index (κ2) is 4.33. The molecule has 82 valence electrons. The van der Waals surface area contributed by atoms with E-state index in [0.717, 1.165) is 12.1 Å². The fraction of sp³-hybridized carbons (Fsp3) is 0.333. The second-order valence-corrected chi connectivity index (χ2v) is 4.01. The Bertz CT molecular complexity index is 427. The van der Waals surface area contributed by atoms with Crippen LogP contribution in [0.1, 0.15) is 5.56 Å². The minimum absolute atomic E-state index is 0.206. The highest BCUT2D eigenvalue weighted by atomic mass is 16.4. The van der Waals surface area contributed by atoms with Crippen molar-refractivity contribution in [3.8, 4) is 0 Å². The largest absolute Gasteiger partial charge is 0.481 e. The maximum Gasteiger partial charge on any atom is 0.309 e. The van der Waals surface area contributed by atoms with Crippen LogP contribution in [0.25, 0.3) is 4.85 Å². The molecule has 1 heterocycles. The number of likely N-dealkylation sites (tertiary alicyclic amines) is 1. The molecule has 1 aromatic carbocycles. The van der Waals surface area contributed by atoms with Gasteiger partial charge in [-0.1, -0.05) is 24.3 Å². The van der Waals surface area contributed by atoms with Crippen LogP contribution in [0.2, 0.25) is 0 Å². The Morgan fingerprint density at radius 1 is 1.44 bits per heavy atom. The van der Waals surface area contributed by atoms with E-state index in [9.17, 15) is 4.79 Å². The summed E-state index contributed by atoms with van der Waals surface area (Å²) in [4.78, 5) is 16.0. The molecule has 1 fully saturated rings. The molecule has 0 spiro atoms. The average molecular weight is 216 g/mol. The third-order valence-electron chi connectivity index (χ3n) is 2.78. The number of nitrogens with zero attached hydrogens (tertiary/aromatic N) is 2. The summed E-state index contributed by atoms with van der Waals surface area (Å²) in [5.74, 6) is -0.915. The van der Waals surface area contributed by atoms with Crippen molar-refractivity contribution in [2.45, 2.75) is 6.54 Å². The average Bonchev–Trinajstić information content (AvgIpc) is 2.23. The van der Waals surface area contributed by atoms with Gasteiger partial charge in [-0.15, -0.1) is 0 Å². The monoisotopic (exact) mass is 216 g/mol. The van der Waals surface area contributed by atoms with Gasteiger partial charge in [0, 0.05) is 19.6 Å². The molecule has 1 N–H and O–H groups in total. The molecule has 1 saturated heterocycles. The molecule has 1 aliphatic heterocycles. The molecule has 2 rings (SSSR count). The van der Waals surface area contributed by atoms with E-state index >= 15 is 0 Å². The van der Waals surface area contributed by atoms with Gasteiger partial charge in [0.25, 0.3) is 0 Å². The zero-order valence-electron chi connectivity index (χ0n) is 8.76. The summed E-state index contributed by atoms with van der Waals surface area (Å²) in [5.41, 5.74) is 1.76. The highest BCUT2D eigenvalue weighted by molar-refractivity contribution is 5.71. The molecule has 16 heavy (non-hydrogen) atoms. The fourth-order valence-electron chi connectivity index (χ4n) is 1.79. The summed E-state index contributed by atoms with van der Waals surface area (Å²) >= 11 is 0. The Hall–Kier alpha value is -1.86. The zero-order valence-corrected chi connectivity index (χ0v) is 8.76. The van der Waals surface area contributed by atoms with Gasteiger partial charge >= 0.3 is 5.97 Å². The Morgan fingerprint density at radius 3 is 2.56 bits per heavy atom. The van der Waals surface area contributed by atoms with Gasteiger partial charge in [0.15, 0.2) is 5.69 Å². The summed E-state index contributed by atoms with van der Waals surface area (Å²) in [6.07, 6.45) is 0. The maximum absolute atomic E-state index is 10.6. The van der Waals surface area contributed by atoms with Gasteiger partial charge in [-0.3, -0.25) is 9.69 Å². The molecule has 1 aliphatic rings. The minimum Gasteiger partial charge on any atom is -0.481 e.